The SMILES string of the molecule is CC1C=C(C(=O)O)OC(OCC2C(C)OC(C)C(C)C2COC2OC(C)C(C)C(C)C2C)C1C. The van der Waals surface area contributed by atoms with Gasteiger partial charge in [-0.05, 0) is 56.4 Å². The van der Waals surface area contributed by atoms with Crippen molar-refractivity contribution in [3.05, 3.63) is 11.8 Å². The lowest BCUT2D eigenvalue weighted by Gasteiger charge is -2.46. The van der Waals surface area contributed by atoms with E-state index in [9.17, 15) is 9.90 Å². The molecule has 1 N–H and O–H groups in total. The van der Waals surface area contributed by atoms with Gasteiger partial charge in [0, 0.05) is 17.8 Å². The highest BCUT2D eigenvalue weighted by Crippen LogP contribution is 2.40. The molecule has 0 aromatic heterocycles. The summed E-state index contributed by atoms with van der Waals surface area (Å²) in [6.45, 7) is 20.3. The predicted octanol–water partition coefficient (Wildman–Crippen LogP) is 4.95. The van der Waals surface area contributed by atoms with Crippen molar-refractivity contribution in [2.75, 3.05) is 13.2 Å². The number of rotatable bonds is 7. The van der Waals surface area contributed by atoms with Crippen LogP contribution in [0.25, 0.3) is 0 Å². The quantitative estimate of drug-likeness (QED) is 0.550. The van der Waals surface area contributed by atoms with Gasteiger partial charge in [0.05, 0.1) is 31.5 Å². The van der Waals surface area contributed by atoms with Gasteiger partial charge in [0.15, 0.2) is 6.29 Å². The minimum Gasteiger partial charge on any atom is -0.475 e. The standard InChI is InChI=1S/C27H46O7/c1-13-10-24(25(28)29)34-26(14(13)2)31-12-23-21(9)32-20(8)18(6)22(23)11-30-27-17(5)15(3)16(4)19(7)33-27/h10,13-23,26-27H,11-12H2,1-9H3,(H,28,29). The Hall–Kier alpha value is -1.15. The molecule has 3 heterocycles. The summed E-state index contributed by atoms with van der Waals surface area (Å²) in [5.41, 5.74) is 0. The first kappa shape index (κ1) is 27.4. The van der Waals surface area contributed by atoms with Crippen molar-refractivity contribution in [2.45, 2.75) is 93.2 Å². The van der Waals surface area contributed by atoms with E-state index >= 15 is 0 Å². The van der Waals surface area contributed by atoms with Gasteiger partial charge < -0.3 is 28.8 Å². The van der Waals surface area contributed by atoms with Crippen molar-refractivity contribution in [3.8, 4) is 0 Å². The van der Waals surface area contributed by atoms with Crippen LogP contribution < -0.4 is 0 Å². The number of carbonyl (C=O) groups is 1. The van der Waals surface area contributed by atoms with E-state index in [2.05, 4.69) is 48.5 Å². The molecule has 0 radical (unpaired) electrons. The molecule has 7 nitrogen and oxygen atoms in total. The number of carboxylic acids is 1. The van der Waals surface area contributed by atoms with Crippen molar-refractivity contribution in [2.24, 2.45) is 47.3 Å². The highest BCUT2D eigenvalue weighted by Gasteiger charge is 2.44. The summed E-state index contributed by atoms with van der Waals surface area (Å²) in [6.07, 6.45) is 1.13. The zero-order chi connectivity index (χ0) is 25.3. The Bertz CT molecular complexity index is 724. The lowest BCUT2D eigenvalue weighted by molar-refractivity contribution is -0.261. The summed E-state index contributed by atoms with van der Waals surface area (Å²) < 4.78 is 30.9. The van der Waals surface area contributed by atoms with Gasteiger partial charge in [0.2, 0.25) is 12.0 Å². The molecule has 0 saturated carbocycles. The Morgan fingerprint density at radius 2 is 1.32 bits per heavy atom. The number of carboxylic acid groups (broad SMARTS) is 1. The maximum Gasteiger partial charge on any atom is 0.370 e. The van der Waals surface area contributed by atoms with Crippen LogP contribution in [0.15, 0.2) is 11.8 Å². The van der Waals surface area contributed by atoms with Crippen LogP contribution in [0.4, 0.5) is 0 Å². The largest absolute Gasteiger partial charge is 0.475 e. The first-order valence-electron chi connectivity index (χ1n) is 13.1. The molecule has 2 saturated heterocycles. The first-order chi connectivity index (χ1) is 15.9. The molecule has 3 rings (SSSR count). The summed E-state index contributed by atoms with van der Waals surface area (Å²) in [7, 11) is 0. The fraction of sp³-hybridized carbons (Fsp3) is 0.889. The van der Waals surface area contributed by atoms with E-state index in [0.29, 0.717) is 31.0 Å². The number of ether oxygens (including phenoxy) is 5. The lowest BCUT2D eigenvalue weighted by Crippen LogP contribution is -2.50. The summed E-state index contributed by atoms with van der Waals surface area (Å²) in [5, 5.41) is 9.40. The van der Waals surface area contributed by atoms with Crippen molar-refractivity contribution in [3.63, 3.8) is 0 Å². The second-order valence-corrected chi connectivity index (χ2v) is 11.2. The molecule has 13 unspecified atom stereocenters. The predicted molar refractivity (Wildman–Crippen MR) is 129 cm³/mol. The van der Waals surface area contributed by atoms with E-state index in [4.69, 9.17) is 23.7 Å². The Labute approximate surface area is 205 Å². The zero-order valence-electron chi connectivity index (χ0n) is 22.4. The normalized spacial score (nSPS) is 47.6. The van der Waals surface area contributed by atoms with E-state index < -0.39 is 12.3 Å². The van der Waals surface area contributed by atoms with Gasteiger partial charge in [0.1, 0.15) is 0 Å². The molecule has 0 aliphatic carbocycles. The Balaban J connectivity index is 1.67. The van der Waals surface area contributed by atoms with E-state index in [1.54, 1.807) is 6.08 Å². The zero-order valence-corrected chi connectivity index (χ0v) is 22.4. The third kappa shape index (κ3) is 5.80. The summed E-state index contributed by atoms with van der Waals surface area (Å²) in [6, 6.07) is 0. The molecule has 0 spiro atoms. The fourth-order valence-corrected chi connectivity index (χ4v) is 5.62. The van der Waals surface area contributed by atoms with Gasteiger partial charge in [-0.25, -0.2) is 4.79 Å². The average molecular weight is 483 g/mol. The summed E-state index contributed by atoms with van der Waals surface area (Å²) in [4.78, 5) is 11.5. The highest BCUT2D eigenvalue weighted by atomic mass is 16.7. The van der Waals surface area contributed by atoms with Gasteiger partial charge >= 0.3 is 5.97 Å². The van der Waals surface area contributed by atoms with Gasteiger partial charge in [-0.15, -0.1) is 0 Å². The topological polar surface area (TPSA) is 83.5 Å². The second kappa shape index (κ2) is 11.3. The molecule has 7 heteroatoms. The maximum absolute atomic E-state index is 11.5. The van der Waals surface area contributed by atoms with Crippen LogP contribution in [0, 0.1) is 47.3 Å². The van der Waals surface area contributed by atoms with Crippen LogP contribution in [-0.4, -0.2) is 55.2 Å². The number of aliphatic carboxylic acids is 1. The molecular formula is C27H46O7. The Kier molecular flexibility index (Phi) is 9.10. The monoisotopic (exact) mass is 482 g/mol. The van der Waals surface area contributed by atoms with Gasteiger partial charge in [-0.1, -0.05) is 41.5 Å². The smallest absolute Gasteiger partial charge is 0.370 e. The molecule has 196 valence electrons. The minimum atomic E-state index is -1.06. The molecule has 0 amide bonds. The van der Waals surface area contributed by atoms with Crippen molar-refractivity contribution in [1.29, 1.82) is 0 Å². The molecule has 34 heavy (non-hydrogen) atoms. The third-order valence-corrected chi connectivity index (χ3v) is 9.21. The molecule has 0 aromatic carbocycles. The number of allylic oxidation sites excluding steroid dienone is 1. The summed E-state index contributed by atoms with van der Waals surface area (Å²) in [5.74, 6) is 0.981. The van der Waals surface area contributed by atoms with Crippen LogP contribution in [0.2, 0.25) is 0 Å². The van der Waals surface area contributed by atoms with Crippen LogP contribution in [-0.2, 0) is 28.5 Å². The highest BCUT2D eigenvalue weighted by molar-refractivity contribution is 5.84. The van der Waals surface area contributed by atoms with Crippen LogP contribution in [0.1, 0.15) is 62.3 Å². The molecule has 3 aliphatic rings. The van der Waals surface area contributed by atoms with E-state index in [-0.39, 0.29) is 60.0 Å². The van der Waals surface area contributed by atoms with Gasteiger partial charge in [0.25, 0.3) is 0 Å². The maximum atomic E-state index is 11.5. The second-order valence-electron chi connectivity index (χ2n) is 11.2. The van der Waals surface area contributed by atoms with Crippen LogP contribution in [0.3, 0.4) is 0 Å². The van der Waals surface area contributed by atoms with Crippen molar-refractivity contribution < 1.29 is 33.6 Å². The van der Waals surface area contributed by atoms with Gasteiger partial charge in [-0.3, -0.25) is 0 Å². The molecule has 3 aliphatic heterocycles. The van der Waals surface area contributed by atoms with E-state index in [0.717, 1.165) is 0 Å². The molecular weight excluding hydrogens is 436 g/mol. The molecule has 0 aromatic rings. The van der Waals surface area contributed by atoms with Gasteiger partial charge in [-0.2, -0.15) is 0 Å². The van der Waals surface area contributed by atoms with E-state index in [1.165, 1.54) is 0 Å². The first-order valence-corrected chi connectivity index (χ1v) is 13.1. The van der Waals surface area contributed by atoms with Crippen molar-refractivity contribution >= 4 is 5.97 Å². The van der Waals surface area contributed by atoms with Crippen LogP contribution >= 0.6 is 0 Å². The molecule has 2 fully saturated rings. The Morgan fingerprint density at radius 3 is 1.97 bits per heavy atom. The number of hydrogen-bond acceptors (Lipinski definition) is 6. The Morgan fingerprint density at radius 1 is 0.735 bits per heavy atom. The number of hydrogen-bond donors (Lipinski definition) is 1. The van der Waals surface area contributed by atoms with Crippen molar-refractivity contribution in [1.82, 2.24) is 0 Å². The molecule has 0 bridgehead atoms. The van der Waals surface area contributed by atoms with E-state index in [1.807, 2.05) is 13.8 Å². The lowest BCUT2D eigenvalue weighted by atomic mass is 9.75. The molecule has 13 atom stereocenters. The average Bonchev–Trinajstić information content (AvgIpc) is 2.78. The summed E-state index contributed by atoms with van der Waals surface area (Å²) >= 11 is 0. The minimum absolute atomic E-state index is 0.00632. The van der Waals surface area contributed by atoms with Crippen LogP contribution in [0.5, 0.6) is 0 Å². The third-order valence-electron chi connectivity index (χ3n) is 9.21. The fourth-order valence-electron chi connectivity index (χ4n) is 5.62.